The van der Waals surface area contributed by atoms with Crippen molar-refractivity contribution in [3.63, 3.8) is 0 Å². The van der Waals surface area contributed by atoms with Gasteiger partial charge in [0.15, 0.2) is 0 Å². The molecule has 0 amide bonds. The molecule has 0 atom stereocenters. The minimum absolute atomic E-state index is 0.592. The third-order valence-electron chi connectivity index (χ3n) is 3.03. The van der Waals surface area contributed by atoms with Crippen molar-refractivity contribution in [3.05, 3.63) is 29.3 Å². The molecule has 1 aromatic carbocycles. The lowest BCUT2D eigenvalue weighted by Gasteiger charge is -2.20. The minimum atomic E-state index is 0.592. The highest BCUT2D eigenvalue weighted by atomic mass is 16.5. The van der Waals surface area contributed by atoms with E-state index < -0.39 is 0 Å². The average Bonchev–Trinajstić information content (AvgIpc) is 2.81. The van der Waals surface area contributed by atoms with Crippen LogP contribution >= 0.6 is 0 Å². The molecule has 1 aliphatic heterocycles. The second-order valence-corrected chi connectivity index (χ2v) is 4.25. The van der Waals surface area contributed by atoms with Crippen molar-refractivity contribution in [1.29, 1.82) is 5.41 Å². The molecular weight excluding hydrogens is 200 g/mol. The van der Waals surface area contributed by atoms with Crippen molar-refractivity contribution in [2.24, 2.45) is 0 Å². The van der Waals surface area contributed by atoms with Crippen LogP contribution in [0.3, 0.4) is 0 Å². The summed E-state index contributed by atoms with van der Waals surface area (Å²) in [5.74, 6) is 1.39. The number of rotatable bonds is 2. The summed E-state index contributed by atoms with van der Waals surface area (Å²) in [6, 6.07) is 6.00. The fourth-order valence-corrected chi connectivity index (χ4v) is 2.11. The number of hydrogen-bond acceptors (Lipinski definition) is 2. The van der Waals surface area contributed by atoms with Crippen LogP contribution in [-0.4, -0.2) is 30.9 Å². The van der Waals surface area contributed by atoms with Crippen molar-refractivity contribution < 1.29 is 4.74 Å². The molecular formula is C13H18N2O. The third-order valence-corrected chi connectivity index (χ3v) is 3.03. The number of nitrogens with zero attached hydrogens (tertiary/aromatic N) is 1. The number of nitrogens with one attached hydrogen (secondary N) is 1. The highest BCUT2D eigenvalue weighted by molar-refractivity contribution is 5.99. The molecule has 0 aliphatic carbocycles. The normalized spacial score (nSPS) is 15.2. The van der Waals surface area contributed by atoms with Gasteiger partial charge in [-0.3, -0.25) is 5.41 Å². The summed E-state index contributed by atoms with van der Waals surface area (Å²) in [6.07, 6.45) is 2.38. The van der Waals surface area contributed by atoms with Gasteiger partial charge < -0.3 is 9.64 Å². The molecule has 0 bridgehead atoms. The molecule has 1 aliphatic rings. The van der Waals surface area contributed by atoms with Crippen LogP contribution in [-0.2, 0) is 0 Å². The van der Waals surface area contributed by atoms with Gasteiger partial charge in [-0.05, 0) is 37.5 Å². The first-order valence-electron chi connectivity index (χ1n) is 5.71. The molecule has 1 heterocycles. The molecule has 0 spiro atoms. The van der Waals surface area contributed by atoms with Gasteiger partial charge in [-0.25, -0.2) is 0 Å². The van der Waals surface area contributed by atoms with Crippen LogP contribution in [0.15, 0.2) is 18.2 Å². The van der Waals surface area contributed by atoms with E-state index >= 15 is 0 Å². The molecule has 0 unspecified atom stereocenters. The van der Waals surface area contributed by atoms with Gasteiger partial charge in [0.2, 0.25) is 0 Å². The summed E-state index contributed by atoms with van der Waals surface area (Å²) in [5.41, 5.74) is 2.06. The number of benzene rings is 1. The second kappa shape index (κ2) is 4.56. The lowest BCUT2D eigenvalue weighted by Crippen LogP contribution is -2.28. The number of hydrogen-bond donors (Lipinski definition) is 1. The maximum absolute atomic E-state index is 8.19. The standard InChI is InChI=1S/C13H18N2O/c1-10-5-6-11(12(9-10)16-2)13(14)15-7-3-4-8-15/h5-6,9,14H,3-4,7-8H2,1-2H3. The SMILES string of the molecule is COc1cc(C)ccc1C(=N)N1CCCC1. The number of ether oxygens (including phenoxy) is 1. The number of amidine groups is 1. The summed E-state index contributed by atoms with van der Waals surface area (Å²) in [6.45, 7) is 4.03. The Balaban J connectivity index is 2.28. The van der Waals surface area contributed by atoms with E-state index in [9.17, 15) is 0 Å². The first-order chi connectivity index (χ1) is 7.72. The Morgan fingerprint density at radius 3 is 2.62 bits per heavy atom. The van der Waals surface area contributed by atoms with Gasteiger partial charge in [0.05, 0.1) is 12.7 Å². The lowest BCUT2D eigenvalue weighted by atomic mass is 10.1. The number of likely N-dealkylation sites (tertiary alicyclic amines) is 1. The first kappa shape index (κ1) is 11.0. The maximum Gasteiger partial charge on any atom is 0.131 e. The quantitative estimate of drug-likeness (QED) is 0.611. The molecule has 86 valence electrons. The molecule has 0 radical (unpaired) electrons. The first-order valence-corrected chi connectivity index (χ1v) is 5.71. The molecule has 2 rings (SSSR count). The van der Waals surface area contributed by atoms with E-state index in [0.29, 0.717) is 5.84 Å². The Morgan fingerprint density at radius 2 is 2.00 bits per heavy atom. The fourth-order valence-electron chi connectivity index (χ4n) is 2.11. The van der Waals surface area contributed by atoms with Gasteiger partial charge in [-0.1, -0.05) is 6.07 Å². The van der Waals surface area contributed by atoms with E-state index in [4.69, 9.17) is 10.1 Å². The Hall–Kier alpha value is -1.51. The van der Waals surface area contributed by atoms with Crippen molar-refractivity contribution in [2.75, 3.05) is 20.2 Å². The molecule has 3 heteroatoms. The molecule has 1 N–H and O–H groups in total. The largest absolute Gasteiger partial charge is 0.496 e. The van der Waals surface area contributed by atoms with Gasteiger partial charge in [0.1, 0.15) is 11.6 Å². The minimum Gasteiger partial charge on any atom is -0.496 e. The van der Waals surface area contributed by atoms with Crippen molar-refractivity contribution >= 4 is 5.84 Å². The fraction of sp³-hybridized carbons (Fsp3) is 0.462. The Kier molecular flexibility index (Phi) is 3.13. The van der Waals surface area contributed by atoms with Crippen LogP contribution in [0, 0.1) is 12.3 Å². The highest BCUT2D eigenvalue weighted by Gasteiger charge is 2.18. The van der Waals surface area contributed by atoms with E-state index in [0.717, 1.165) is 30.0 Å². The van der Waals surface area contributed by atoms with Crippen molar-refractivity contribution in [2.45, 2.75) is 19.8 Å². The molecule has 1 aromatic rings. The zero-order valence-electron chi connectivity index (χ0n) is 9.92. The Bertz CT molecular complexity index is 395. The highest BCUT2D eigenvalue weighted by Crippen LogP contribution is 2.23. The lowest BCUT2D eigenvalue weighted by molar-refractivity contribution is 0.411. The summed E-state index contributed by atoms with van der Waals surface area (Å²) in [4.78, 5) is 2.12. The van der Waals surface area contributed by atoms with Crippen LogP contribution in [0.25, 0.3) is 0 Å². The van der Waals surface area contributed by atoms with Gasteiger partial charge in [0.25, 0.3) is 0 Å². The molecule has 0 saturated carbocycles. The number of methoxy groups -OCH3 is 1. The maximum atomic E-state index is 8.19. The monoisotopic (exact) mass is 218 g/mol. The van der Waals surface area contributed by atoms with E-state index in [2.05, 4.69) is 4.90 Å². The molecule has 0 aromatic heterocycles. The Labute approximate surface area is 96.5 Å². The predicted octanol–water partition coefficient (Wildman–Crippen LogP) is 2.42. The van der Waals surface area contributed by atoms with Crippen molar-refractivity contribution in [3.8, 4) is 5.75 Å². The van der Waals surface area contributed by atoms with Crippen LogP contribution in [0.4, 0.5) is 0 Å². The zero-order valence-corrected chi connectivity index (χ0v) is 9.92. The van der Waals surface area contributed by atoms with Gasteiger partial charge in [-0.2, -0.15) is 0 Å². The topological polar surface area (TPSA) is 36.3 Å². The Morgan fingerprint density at radius 1 is 1.31 bits per heavy atom. The van der Waals surface area contributed by atoms with E-state index in [-0.39, 0.29) is 0 Å². The van der Waals surface area contributed by atoms with Gasteiger partial charge in [0, 0.05) is 13.1 Å². The molecule has 1 saturated heterocycles. The summed E-state index contributed by atoms with van der Waals surface area (Å²) in [5, 5.41) is 8.19. The van der Waals surface area contributed by atoms with Gasteiger partial charge >= 0.3 is 0 Å². The summed E-state index contributed by atoms with van der Waals surface area (Å²) >= 11 is 0. The summed E-state index contributed by atoms with van der Waals surface area (Å²) in [7, 11) is 1.66. The molecule has 16 heavy (non-hydrogen) atoms. The van der Waals surface area contributed by atoms with E-state index in [1.165, 1.54) is 12.8 Å². The van der Waals surface area contributed by atoms with Crippen molar-refractivity contribution in [1.82, 2.24) is 4.90 Å². The van der Waals surface area contributed by atoms with E-state index in [1.54, 1.807) is 7.11 Å². The third kappa shape index (κ3) is 2.03. The smallest absolute Gasteiger partial charge is 0.131 e. The zero-order chi connectivity index (χ0) is 11.5. The predicted molar refractivity (Wildman–Crippen MR) is 65.4 cm³/mol. The number of aryl methyl sites for hydroxylation is 1. The summed E-state index contributed by atoms with van der Waals surface area (Å²) < 4.78 is 5.34. The van der Waals surface area contributed by atoms with Crippen LogP contribution in [0.2, 0.25) is 0 Å². The van der Waals surface area contributed by atoms with Gasteiger partial charge in [-0.15, -0.1) is 0 Å². The second-order valence-electron chi connectivity index (χ2n) is 4.25. The van der Waals surface area contributed by atoms with Crippen LogP contribution in [0.1, 0.15) is 24.0 Å². The average molecular weight is 218 g/mol. The van der Waals surface area contributed by atoms with Crippen LogP contribution in [0.5, 0.6) is 5.75 Å². The van der Waals surface area contributed by atoms with E-state index in [1.807, 2.05) is 25.1 Å². The molecule has 1 fully saturated rings. The molecule has 3 nitrogen and oxygen atoms in total. The van der Waals surface area contributed by atoms with Crippen LogP contribution < -0.4 is 4.74 Å².